The SMILES string of the molecule is C#CCNCC(=O)Nc1cnc2c(cnn2C(C)C)c1. The van der Waals surface area contributed by atoms with E-state index >= 15 is 0 Å². The number of terminal acetylenes is 1. The van der Waals surface area contributed by atoms with Crippen molar-refractivity contribution in [3.05, 3.63) is 18.5 Å². The van der Waals surface area contributed by atoms with Crippen LogP contribution in [0, 0.1) is 12.3 Å². The van der Waals surface area contributed by atoms with Crippen molar-refractivity contribution in [3.63, 3.8) is 0 Å². The zero-order valence-electron chi connectivity index (χ0n) is 11.6. The maximum Gasteiger partial charge on any atom is 0.238 e. The number of nitrogens with one attached hydrogen (secondary N) is 2. The number of pyridine rings is 1. The molecule has 6 nitrogen and oxygen atoms in total. The van der Waals surface area contributed by atoms with Crippen LogP contribution in [0.3, 0.4) is 0 Å². The van der Waals surface area contributed by atoms with Gasteiger partial charge in [-0.25, -0.2) is 9.67 Å². The van der Waals surface area contributed by atoms with Gasteiger partial charge in [0.25, 0.3) is 0 Å². The first-order valence-electron chi connectivity index (χ1n) is 6.39. The maximum atomic E-state index is 11.6. The third-order valence-electron chi connectivity index (χ3n) is 2.72. The molecule has 0 fully saturated rings. The summed E-state index contributed by atoms with van der Waals surface area (Å²) in [6, 6.07) is 2.10. The number of carbonyl (C=O) groups is 1. The number of amides is 1. The summed E-state index contributed by atoms with van der Waals surface area (Å²) in [4.78, 5) is 16.0. The molecule has 0 bridgehead atoms. The summed E-state index contributed by atoms with van der Waals surface area (Å²) < 4.78 is 1.84. The van der Waals surface area contributed by atoms with Crippen LogP contribution in [0.4, 0.5) is 5.69 Å². The molecule has 0 aliphatic heterocycles. The molecule has 0 saturated heterocycles. The van der Waals surface area contributed by atoms with Gasteiger partial charge in [0.1, 0.15) is 0 Å². The highest BCUT2D eigenvalue weighted by atomic mass is 16.1. The number of fused-ring (bicyclic) bond motifs is 1. The van der Waals surface area contributed by atoms with E-state index < -0.39 is 0 Å². The minimum Gasteiger partial charge on any atom is -0.324 e. The molecule has 20 heavy (non-hydrogen) atoms. The maximum absolute atomic E-state index is 11.6. The van der Waals surface area contributed by atoms with E-state index in [1.54, 1.807) is 12.4 Å². The van der Waals surface area contributed by atoms with E-state index in [2.05, 4.69) is 26.6 Å². The van der Waals surface area contributed by atoms with Gasteiger partial charge in [0.2, 0.25) is 5.91 Å². The predicted molar refractivity (Wildman–Crippen MR) is 78.2 cm³/mol. The second kappa shape index (κ2) is 6.17. The van der Waals surface area contributed by atoms with Crippen LogP contribution >= 0.6 is 0 Å². The predicted octanol–water partition coefficient (Wildman–Crippen LogP) is 1.17. The normalized spacial score (nSPS) is 10.7. The molecule has 0 radical (unpaired) electrons. The Hall–Kier alpha value is -2.39. The van der Waals surface area contributed by atoms with Gasteiger partial charge in [-0.2, -0.15) is 5.10 Å². The topological polar surface area (TPSA) is 71.8 Å². The fourth-order valence-corrected chi connectivity index (χ4v) is 1.84. The Balaban J connectivity index is 2.09. The fraction of sp³-hybridized carbons (Fsp3) is 0.357. The molecule has 0 saturated carbocycles. The van der Waals surface area contributed by atoms with Gasteiger partial charge in [0.15, 0.2) is 5.65 Å². The molecule has 104 valence electrons. The highest BCUT2D eigenvalue weighted by molar-refractivity contribution is 5.93. The van der Waals surface area contributed by atoms with E-state index in [1.165, 1.54) is 0 Å². The van der Waals surface area contributed by atoms with Gasteiger partial charge in [-0.05, 0) is 19.9 Å². The lowest BCUT2D eigenvalue weighted by Gasteiger charge is -2.07. The molecule has 0 aliphatic rings. The summed E-state index contributed by atoms with van der Waals surface area (Å²) in [7, 11) is 0. The summed E-state index contributed by atoms with van der Waals surface area (Å²) in [6.45, 7) is 4.63. The second-order valence-corrected chi connectivity index (χ2v) is 4.68. The Morgan fingerprint density at radius 3 is 3.00 bits per heavy atom. The quantitative estimate of drug-likeness (QED) is 0.632. The van der Waals surface area contributed by atoms with Crippen molar-refractivity contribution in [2.75, 3.05) is 18.4 Å². The van der Waals surface area contributed by atoms with Crippen LogP contribution in [-0.2, 0) is 4.79 Å². The first-order chi connectivity index (χ1) is 9.61. The first-order valence-corrected chi connectivity index (χ1v) is 6.39. The Morgan fingerprint density at radius 2 is 2.30 bits per heavy atom. The van der Waals surface area contributed by atoms with Crippen molar-refractivity contribution >= 4 is 22.6 Å². The lowest BCUT2D eigenvalue weighted by Crippen LogP contribution is -2.28. The molecule has 0 spiro atoms. The third kappa shape index (κ3) is 3.13. The molecule has 2 N–H and O–H groups in total. The number of aromatic nitrogens is 3. The minimum absolute atomic E-state index is 0.155. The standard InChI is InChI=1S/C14H17N5O/c1-4-5-15-9-13(20)18-12-6-11-7-17-19(10(2)3)14(11)16-8-12/h1,6-8,10,15H,5,9H2,2-3H3,(H,18,20). The molecule has 0 unspecified atom stereocenters. The van der Waals surface area contributed by atoms with Crippen LogP contribution < -0.4 is 10.6 Å². The van der Waals surface area contributed by atoms with Crippen molar-refractivity contribution in [2.24, 2.45) is 0 Å². The molecule has 0 atom stereocenters. The lowest BCUT2D eigenvalue weighted by atomic mass is 10.3. The molecule has 1 amide bonds. The Labute approximate surface area is 117 Å². The third-order valence-corrected chi connectivity index (χ3v) is 2.72. The van der Waals surface area contributed by atoms with Crippen LogP contribution in [0.1, 0.15) is 19.9 Å². The average molecular weight is 271 g/mol. The summed E-state index contributed by atoms with van der Waals surface area (Å²) in [5, 5.41) is 10.8. The van der Waals surface area contributed by atoms with Gasteiger partial charge in [-0.15, -0.1) is 6.42 Å². The van der Waals surface area contributed by atoms with E-state index in [-0.39, 0.29) is 18.5 Å². The van der Waals surface area contributed by atoms with Crippen molar-refractivity contribution in [3.8, 4) is 12.3 Å². The lowest BCUT2D eigenvalue weighted by molar-refractivity contribution is -0.115. The first kappa shape index (κ1) is 14.0. The summed E-state index contributed by atoms with van der Waals surface area (Å²) in [5.41, 5.74) is 1.46. The van der Waals surface area contributed by atoms with Gasteiger partial charge in [-0.3, -0.25) is 10.1 Å². The van der Waals surface area contributed by atoms with Crippen LogP contribution in [0.15, 0.2) is 18.5 Å². The second-order valence-electron chi connectivity index (χ2n) is 4.68. The van der Waals surface area contributed by atoms with Crippen LogP contribution in [-0.4, -0.2) is 33.8 Å². The summed E-state index contributed by atoms with van der Waals surface area (Å²) in [5.74, 6) is 2.25. The van der Waals surface area contributed by atoms with Gasteiger partial charge in [-0.1, -0.05) is 5.92 Å². The van der Waals surface area contributed by atoms with Gasteiger partial charge in [0.05, 0.1) is 31.2 Å². The molecular weight excluding hydrogens is 254 g/mol. The summed E-state index contributed by atoms with van der Waals surface area (Å²) in [6.07, 6.45) is 8.46. The Morgan fingerprint density at radius 1 is 1.50 bits per heavy atom. The molecule has 2 aromatic rings. The molecule has 6 heteroatoms. The largest absolute Gasteiger partial charge is 0.324 e. The molecule has 2 rings (SSSR count). The number of hydrogen-bond donors (Lipinski definition) is 2. The van der Waals surface area contributed by atoms with Crippen molar-refractivity contribution in [2.45, 2.75) is 19.9 Å². The zero-order valence-corrected chi connectivity index (χ0v) is 11.6. The van der Waals surface area contributed by atoms with Gasteiger partial charge >= 0.3 is 0 Å². The average Bonchev–Trinajstić information content (AvgIpc) is 2.82. The molecule has 2 heterocycles. The summed E-state index contributed by atoms with van der Waals surface area (Å²) >= 11 is 0. The molecule has 2 aromatic heterocycles. The van der Waals surface area contributed by atoms with Crippen molar-refractivity contribution in [1.82, 2.24) is 20.1 Å². The van der Waals surface area contributed by atoms with Crippen LogP contribution in [0.2, 0.25) is 0 Å². The fourth-order valence-electron chi connectivity index (χ4n) is 1.84. The Bertz CT molecular complexity index is 653. The van der Waals surface area contributed by atoms with Gasteiger partial charge < -0.3 is 5.32 Å². The highest BCUT2D eigenvalue weighted by Gasteiger charge is 2.09. The van der Waals surface area contributed by atoms with E-state index in [9.17, 15) is 4.79 Å². The Kier molecular flexibility index (Phi) is 4.33. The number of rotatable bonds is 5. The van der Waals surface area contributed by atoms with Crippen molar-refractivity contribution < 1.29 is 4.79 Å². The van der Waals surface area contributed by atoms with Gasteiger partial charge in [0, 0.05) is 11.4 Å². The van der Waals surface area contributed by atoms with E-state index in [4.69, 9.17) is 6.42 Å². The monoisotopic (exact) mass is 271 g/mol. The van der Waals surface area contributed by atoms with E-state index in [0.717, 1.165) is 11.0 Å². The van der Waals surface area contributed by atoms with Crippen LogP contribution in [0.5, 0.6) is 0 Å². The van der Waals surface area contributed by atoms with Crippen LogP contribution in [0.25, 0.3) is 11.0 Å². The number of nitrogens with zero attached hydrogens (tertiary/aromatic N) is 3. The van der Waals surface area contributed by atoms with Crippen molar-refractivity contribution in [1.29, 1.82) is 0 Å². The zero-order chi connectivity index (χ0) is 14.5. The molecule has 0 aromatic carbocycles. The molecular formula is C14H17N5O. The molecule has 0 aliphatic carbocycles. The van der Waals surface area contributed by atoms with E-state index in [1.807, 2.05) is 24.6 Å². The minimum atomic E-state index is -0.155. The highest BCUT2D eigenvalue weighted by Crippen LogP contribution is 2.18. The number of carbonyl (C=O) groups excluding carboxylic acids is 1. The number of anilines is 1. The number of hydrogen-bond acceptors (Lipinski definition) is 4. The smallest absolute Gasteiger partial charge is 0.238 e. The van der Waals surface area contributed by atoms with E-state index in [0.29, 0.717) is 12.2 Å².